The number of nitrogens with zero attached hydrogens (tertiary/aromatic N) is 5. The molecule has 8 heteroatoms. The quantitative estimate of drug-likeness (QED) is 0.636. The lowest BCUT2D eigenvalue weighted by atomic mass is 9.86. The Balaban J connectivity index is 1.69. The molecular weight excluding hydrogens is 373 g/mol. The van der Waals surface area contributed by atoms with E-state index in [1.54, 1.807) is 17.7 Å². The molecule has 4 rings (SSSR count). The summed E-state index contributed by atoms with van der Waals surface area (Å²) < 4.78 is 7.07. The number of benzene rings is 1. The van der Waals surface area contributed by atoms with Gasteiger partial charge in [0.05, 0.1) is 12.8 Å². The minimum atomic E-state index is -0.0957. The van der Waals surface area contributed by atoms with Crippen molar-refractivity contribution < 1.29 is 9.53 Å². The first kappa shape index (κ1) is 18.8. The van der Waals surface area contributed by atoms with Gasteiger partial charge in [0.2, 0.25) is 0 Å². The predicted octanol–water partition coefficient (Wildman–Crippen LogP) is 2.70. The van der Waals surface area contributed by atoms with Gasteiger partial charge in [-0.3, -0.25) is 4.79 Å². The SMILES string of the molecule is COc1cccc(C(=O)N2CC(c3cc(C)nc4ncnn34)CC(C)(P)C2)c1. The van der Waals surface area contributed by atoms with Gasteiger partial charge in [0.15, 0.2) is 0 Å². The molecule has 28 heavy (non-hydrogen) atoms. The molecule has 0 spiro atoms. The van der Waals surface area contributed by atoms with Gasteiger partial charge in [-0.15, -0.1) is 9.24 Å². The van der Waals surface area contributed by atoms with E-state index in [0.29, 0.717) is 30.2 Å². The number of carbonyl (C=O) groups is 1. The molecule has 1 saturated heterocycles. The zero-order valence-corrected chi connectivity index (χ0v) is 17.4. The summed E-state index contributed by atoms with van der Waals surface area (Å²) >= 11 is 0. The number of aryl methyl sites for hydroxylation is 1. The molecule has 3 aromatic rings. The molecule has 0 saturated carbocycles. The van der Waals surface area contributed by atoms with Crippen LogP contribution in [0.25, 0.3) is 5.78 Å². The van der Waals surface area contributed by atoms with Crippen molar-refractivity contribution in [3.8, 4) is 5.75 Å². The van der Waals surface area contributed by atoms with Crippen LogP contribution in [0.3, 0.4) is 0 Å². The Labute approximate surface area is 166 Å². The van der Waals surface area contributed by atoms with Crippen molar-refractivity contribution in [1.82, 2.24) is 24.5 Å². The first-order valence-corrected chi connectivity index (χ1v) is 9.83. The number of carbonyl (C=O) groups excluding carboxylic acids is 1. The van der Waals surface area contributed by atoms with Gasteiger partial charge in [-0.1, -0.05) is 13.0 Å². The molecule has 1 fully saturated rings. The third-order valence-electron chi connectivity index (χ3n) is 5.14. The molecule has 3 heterocycles. The lowest BCUT2D eigenvalue weighted by molar-refractivity contribution is 0.0675. The molecule has 1 aliphatic rings. The summed E-state index contributed by atoms with van der Waals surface area (Å²) in [5.74, 6) is 1.42. The molecule has 1 amide bonds. The number of methoxy groups -OCH3 is 1. The minimum Gasteiger partial charge on any atom is -0.497 e. The van der Waals surface area contributed by atoms with Gasteiger partial charge in [-0.25, -0.2) is 9.50 Å². The van der Waals surface area contributed by atoms with Crippen molar-refractivity contribution in [2.45, 2.75) is 31.3 Å². The summed E-state index contributed by atoms with van der Waals surface area (Å²) in [5, 5.41) is 4.25. The van der Waals surface area contributed by atoms with Crippen molar-refractivity contribution in [2.75, 3.05) is 20.2 Å². The number of amides is 1. The number of fused-ring (bicyclic) bond motifs is 1. The van der Waals surface area contributed by atoms with Crippen LogP contribution in [-0.4, -0.2) is 55.7 Å². The fourth-order valence-electron chi connectivity index (χ4n) is 4.00. The summed E-state index contributed by atoms with van der Waals surface area (Å²) in [6, 6.07) is 9.36. The van der Waals surface area contributed by atoms with Gasteiger partial charge in [0.1, 0.15) is 12.1 Å². The first-order valence-electron chi connectivity index (χ1n) is 9.26. The van der Waals surface area contributed by atoms with Crippen LogP contribution < -0.4 is 4.74 Å². The standard InChI is InChI=1S/C20H24N5O2P/c1-13-7-17(25-19(23-13)21-12-22-25)15-9-20(2,28)11-24(10-15)18(26)14-5-4-6-16(8-14)27-3/h4-8,12,15H,9-11,28H2,1-3H3. The van der Waals surface area contributed by atoms with Crippen LogP contribution in [0, 0.1) is 6.92 Å². The van der Waals surface area contributed by atoms with Gasteiger partial charge in [0, 0.05) is 35.4 Å². The van der Waals surface area contributed by atoms with Crippen LogP contribution in [0.1, 0.15) is 41.0 Å². The van der Waals surface area contributed by atoms with Crippen LogP contribution >= 0.6 is 9.24 Å². The Morgan fingerprint density at radius 1 is 1.36 bits per heavy atom. The smallest absolute Gasteiger partial charge is 0.254 e. The Morgan fingerprint density at radius 2 is 2.18 bits per heavy atom. The van der Waals surface area contributed by atoms with Gasteiger partial charge >= 0.3 is 0 Å². The number of rotatable bonds is 3. The molecule has 3 atom stereocenters. The summed E-state index contributed by atoms with van der Waals surface area (Å²) in [4.78, 5) is 23.8. The Kier molecular flexibility index (Phi) is 4.79. The van der Waals surface area contributed by atoms with Crippen LogP contribution in [0.2, 0.25) is 0 Å². The Hall–Kier alpha value is -2.53. The van der Waals surface area contributed by atoms with Crippen molar-refractivity contribution >= 4 is 20.9 Å². The minimum absolute atomic E-state index is 0.0119. The predicted molar refractivity (Wildman–Crippen MR) is 110 cm³/mol. The second-order valence-corrected chi connectivity index (χ2v) is 9.16. The molecule has 0 bridgehead atoms. The number of hydrogen-bond acceptors (Lipinski definition) is 5. The normalized spacial score (nSPS) is 22.4. The highest BCUT2D eigenvalue weighted by atomic mass is 31.0. The average Bonchev–Trinajstić information content (AvgIpc) is 3.13. The monoisotopic (exact) mass is 397 g/mol. The zero-order valence-electron chi connectivity index (χ0n) is 16.3. The molecule has 1 aliphatic heterocycles. The van der Waals surface area contributed by atoms with Crippen molar-refractivity contribution in [1.29, 1.82) is 0 Å². The fraction of sp³-hybridized carbons (Fsp3) is 0.400. The lowest BCUT2D eigenvalue weighted by Crippen LogP contribution is -2.49. The Bertz CT molecular complexity index is 1030. The topological polar surface area (TPSA) is 72.6 Å². The van der Waals surface area contributed by atoms with E-state index < -0.39 is 0 Å². The number of hydrogen-bond donors (Lipinski definition) is 0. The van der Waals surface area contributed by atoms with Gasteiger partial charge in [0.25, 0.3) is 11.7 Å². The molecule has 146 valence electrons. The van der Waals surface area contributed by atoms with E-state index in [0.717, 1.165) is 17.8 Å². The Morgan fingerprint density at radius 3 is 2.96 bits per heavy atom. The van der Waals surface area contributed by atoms with E-state index in [1.165, 1.54) is 6.33 Å². The van der Waals surface area contributed by atoms with E-state index in [-0.39, 0.29) is 17.0 Å². The number of ether oxygens (including phenoxy) is 1. The molecule has 0 N–H and O–H groups in total. The molecule has 7 nitrogen and oxygen atoms in total. The van der Waals surface area contributed by atoms with E-state index in [1.807, 2.05) is 36.1 Å². The molecule has 3 unspecified atom stereocenters. The second kappa shape index (κ2) is 7.13. The number of aromatic nitrogens is 4. The summed E-state index contributed by atoms with van der Waals surface area (Å²) in [7, 11) is 4.54. The van der Waals surface area contributed by atoms with Gasteiger partial charge < -0.3 is 9.64 Å². The molecule has 0 aliphatic carbocycles. The summed E-state index contributed by atoms with van der Waals surface area (Å²) in [6.07, 6.45) is 2.45. The van der Waals surface area contributed by atoms with E-state index in [9.17, 15) is 4.79 Å². The average molecular weight is 397 g/mol. The highest BCUT2D eigenvalue weighted by molar-refractivity contribution is 7.19. The van der Waals surface area contributed by atoms with E-state index in [2.05, 4.69) is 31.2 Å². The fourth-order valence-corrected chi connectivity index (χ4v) is 4.50. The lowest BCUT2D eigenvalue weighted by Gasteiger charge is -2.42. The highest BCUT2D eigenvalue weighted by Crippen LogP contribution is 2.38. The van der Waals surface area contributed by atoms with Crippen LogP contribution in [0.5, 0.6) is 5.75 Å². The number of piperidine rings is 1. The number of likely N-dealkylation sites (tertiary alicyclic amines) is 1. The molecule has 2 aromatic heterocycles. The third-order valence-corrected chi connectivity index (χ3v) is 5.55. The molecule has 0 radical (unpaired) electrons. The third kappa shape index (κ3) is 3.59. The highest BCUT2D eigenvalue weighted by Gasteiger charge is 2.37. The maximum Gasteiger partial charge on any atom is 0.254 e. The van der Waals surface area contributed by atoms with E-state index >= 15 is 0 Å². The van der Waals surface area contributed by atoms with Crippen molar-refractivity contribution in [2.24, 2.45) is 0 Å². The largest absolute Gasteiger partial charge is 0.497 e. The second-order valence-electron chi connectivity index (χ2n) is 7.77. The molecular formula is C20H24N5O2P. The first-order chi connectivity index (χ1) is 13.4. The maximum absolute atomic E-state index is 13.2. The van der Waals surface area contributed by atoms with Crippen molar-refractivity contribution in [3.05, 3.63) is 53.6 Å². The van der Waals surface area contributed by atoms with Crippen LogP contribution in [0.15, 0.2) is 36.7 Å². The van der Waals surface area contributed by atoms with Gasteiger partial charge in [-0.2, -0.15) is 10.1 Å². The van der Waals surface area contributed by atoms with Crippen LogP contribution in [0.4, 0.5) is 0 Å². The van der Waals surface area contributed by atoms with Gasteiger partial charge in [-0.05, 0) is 37.6 Å². The van der Waals surface area contributed by atoms with Crippen LogP contribution in [-0.2, 0) is 0 Å². The zero-order chi connectivity index (χ0) is 19.9. The maximum atomic E-state index is 13.2. The molecule has 1 aromatic carbocycles. The van der Waals surface area contributed by atoms with E-state index in [4.69, 9.17) is 4.74 Å². The van der Waals surface area contributed by atoms with Crippen molar-refractivity contribution in [3.63, 3.8) is 0 Å². The summed E-state index contributed by atoms with van der Waals surface area (Å²) in [5.41, 5.74) is 2.58. The summed E-state index contributed by atoms with van der Waals surface area (Å²) in [6.45, 7) is 5.43.